The summed E-state index contributed by atoms with van der Waals surface area (Å²) in [6.07, 6.45) is 4.97. The minimum atomic E-state index is -2.11. The molecule has 1 atom stereocenters. The van der Waals surface area contributed by atoms with Gasteiger partial charge in [-0.2, -0.15) is 0 Å². The lowest BCUT2D eigenvalue weighted by molar-refractivity contribution is -0.126. The predicted molar refractivity (Wildman–Crippen MR) is 140 cm³/mol. The summed E-state index contributed by atoms with van der Waals surface area (Å²) in [6, 6.07) is 21.1. The molecule has 0 heterocycles. The molecular weight excluding hydrogens is 408 g/mol. The van der Waals surface area contributed by atoms with Crippen molar-refractivity contribution in [2.45, 2.75) is 103 Å². The molecular formula is C29H44O2Si. The van der Waals surface area contributed by atoms with Gasteiger partial charge in [-0.05, 0) is 59.9 Å². The maximum Gasteiger partial charge on any atom is 0.201 e. The first-order valence-corrected chi connectivity index (χ1v) is 14.7. The number of Topliss-reactive ketones (excluding diaryl/α,β-unsaturated/α-hetero) is 1. The Morgan fingerprint density at radius 3 is 1.59 bits per heavy atom. The molecule has 176 valence electrons. The standard InChI is InChI=1S/C29H44O2Si/c1-23(2)32(24(3)4,25(5)6)31-29(22-14-20-27-17-11-8-12-18-27)28(30)21-13-19-26-15-9-7-10-16-26/h7-12,15-18,23-25,29H,13-14,19-22H2,1-6H3. The molecule has 0 saturated carbocycles. The summed E-state index contributed by atoms with van der Waals surface area (Å²) in [5.41, 5.74) is 4.09. The predicted octanol–water partition coefficient (Wildman–Crippen LogP) is 8.16. The third-order valence-electron chi connectivity index (χ3n) is 6.92. The maximum atomic E-state index is 13.4. The summed E-state index contributed by atoms with van der Waals surface area (Å²) in [5, 5.41) is 0. The molecule has 0 fully saturated rings. The molecule has 0 aliphatic heterocycles. The molecule has 2 aromatic carbocycles. The van der Waals surface area contributed by atoms with Crippen molar-refractivity contribution >= 4 is 14.1 Å². The molecule has 0 aliphatic rings. The van der Waals surface area contributed by atoms with E-state index in [2.05, 4.69) is 96.1 Å². The van der Waals surface area contributed by atoms with Crippen LogP contribution in [0.3, 0.4) is 0 Å². The van der Waals surface area contributed by atoms with Gasteiger partial charge in [0.15, 0.2) is 5.78 Å². The lowest BCUT2D eigenvalue weighted by atomic mass is 10.00. The van der Waals surface area contributed by atoms with Gasteiger partial charge >= 0.3 is 0 Å². The molecule has 0 spiro atoms. The van der Waals surface area contributed by atoms with E-state index in [0.29, 0.717) is 28.8 Å². The van der Waals surface area contributed by atoms with E-state index in [4.69, 9.17) is 4.43 Å². The van der Waals surface area contributed by atoms with Gasteiger partial charge in [0.05, 0.1) is 0 Å². The van der Waals surface area contributed by atoms with Crippen LogP contribution in [-0.4, -0.2) is 20.2 Å². The summed E-state index contributed by atoms with van der Waals surface area (Å²) in [7, 11) is -2.11. The molecule has 0 N–H and O–H groups in total. The number of benzene rings is 2. The summed E-state index contributed by atoms with van der Waals surface area (Å²) >= 11 is 0. The average molecular weight is 453 g/mol. The summed E-state index contributed by atoms with van der Waals surface area (Å²) in [6.45, 7) is 13.8. The number of carbonyl (C=O) groups excluding carboxylic acids is 1. The smallest absolute Gasteiger partial charge is 0.201 e. The zero-order chi connectivity index (χ0) is 23.6. The van der Waals surface area contributed by atoms with Gasteiger partial charge in [0.1, 0.15) is 6.10 Å². The van der Waals surface area contributed by atoms with E-state index in [1.165, 1.54) is 11.1 Å². The molecule has 0 saturated heterocycles. The molecule has 2 rings (SSSR count). The Labute approximate surface area is 197 Å². The monoisotopic (exact) mass is 452 g/mol. The molecule has 2 nitrogen and oxygen atoms in total. The first-order chi connectivity index (χ1) is 15.3. The van der Waals surface area contributed by atoms with Crippen molar-refractivity contribution in [1.29, 1.82) is 0 Å². The average Bonchev–Trinajstić information content (AvgIpc) is 2.76. The van der Waals surface area contributed by atoms with Crippen LogP contribution in [0.1, 0.15) is 78.4 Å². The van der Waals surface area contributed by atoms with Gasteiger partial charge < -0.3 is 4.43 Å². The van der Waals surface area contributed by atoms with Gasteiger partial charge in [-0.1, -0.05) is 102 Å². The highest BCUT2D eigenvalue weighted by molar-refractivity contribution is 6.77. The molecule has 3 heteroatoms. The molecule has 0 aromatic heterocycles. The van der Waals surface area contributed by atoms with Crippen molar-refractivity contribution in [3.63, 3.8) is 0 Å². The van der Waals surface area contributed by atoms with Gasteiger partial charge in [-0.15, -0.1) is 0 Å². The fourth-order valence-corrected chi connectivity index (χ4v) is 10.9. The SMILES string of the molecule is CC(C)[Si](OC(CCCc1ccccc1)C(=O)CCCc1ccccc1)(C(C)C)C(C)C. The summed E-state index contributed by atoms with van der Waals surface area (Å²) in [5.74, 6) is 0.299. The van der Waals surface area contributed by atoms with E-state index < -0.39 is 8.32 Å². The zero-order valence-electron chi connectivity index (χ0n) is 21.1. The quantitative estimate of drug-likeness (QED) is 0.270. The van der Waals surface area contributed by atoms with Crippen LogP contribution in [0.5, 0.6) is 0 Å². The molecule has 2 aromatic rings. The fourth-order valence-electron chi connectivity index (χ4n) is 5.35. The Morgan fingerprint density at radius 2 is 1.16 bits per heavy atom. The van der Waals surface area contributed by atoms with Crippen LogP contribution in [0.4, 0.5) is 0 Å². The van der Waals surface area contributed by atoms with E-state index >= 15 is 0 Å². The number of hydrogen-bond acceptors (Lipinski definition) is 2. The summed E-state index contributed by atoms with van der Waals surface area (Å²) < 4.78 is 7.01. The minimum absolute atomic E-state index is 0.270. The third-order valence-corrected chi connectivity index (χ3v) is 13.0. The van der Waals surface area contributed by atoms with Crippen molar-refractivity contribution in [1.82, 2.24) is 0 Å². The van der Waals surface area contributed by atoms with Crippen molar-refractivity contribution in [2.75, 3.05) is 0 Å². The molecule has 0 aliphatic carbocycles. The van der Waals surface area contributed by atoms with Crippen LogP contribution in [0.15, 0.2) is 60.7 Å². The van der Waals surface area contributed by atoms with Gasteiger partial charge in [0.2, 0.25) is 8.32 Å². The van der Waals surface area contributed by atoms with Gasteiger partial charge in [-0.25, -0.2) is 0 Å². The lowest BCUT2D eigenvalue weighted by Crippen LogP contribution is -2.51. The van der Waals surface area contributed by atoms with Crippen LogP contribution >= 0.6 is 0 Å². The van der Waals surface area contributed by atoms with E-state index in [1.807, 2.05) is 6.07 Å². The van der Waals surface area contributed by atoms with Crippen LogP contribution in [0, 0.1) is 0 Å². The fraction of sp³-hybridized carbons (Fsp3) is 0.552. The van der Waals surface area contributed by atoms with Crippen molar-refractivity contribution in [3.05, 3.63) is 71.8 Å². The molecule has 1 unspecified atom stereocenters. The lowest BCUT2D eigenvalue weighted by Gasteiger charge is -2.44. The van der Waals surface area contributed by atoms with Crippen LogP contribution in [-0.2, 0) is 22.1 Å². The highest BCUT2D eigenvalue weighted by Crippen LogP contribution is 2.43. The topological polar surface area (TPSA) is 26.3 Å². The first kappa shape index (κ1) is 26.5. The van der Waals surface area contributed by atoms with Crippen molar-refractivity contribution in [2.24, 2.45) is 0 Å². The van der Waals surface area contributed by atoms with E-state index in [0.717, 1.165) is 32.1 Å². The number of hydrogen-bond donors (Lipinski definition) is 0. The van der Waals surface area contributed by atoms with Crippen molar-refractivity contribution < 1.29 is 9.22 Å². The zero-order valence-corrected chi connectivity index (χ0v) is 22.1. The van der Waals surface area contributed by atoms with Crippen LogP contribution in [0.25, 0.3) is 0 Å². The number of ketones is 1. The molecule has 0 amide bonds. The second kappa shape index (κ2) is 13.1. The molecule has 0 radical (unpaired) electrons. The Kier molecular flexibility index (Phi) is 10.9. The van der Waals surface area contributed by atoms with Crippen LogP contribution in [0.2, 0.25) is 16.6 Å². The third kappa shape index (κ3) is 7.42. The molecule has 0 bridgehead atoms. The second-order valence-electron chi connectivity index (χ2n) is 10.1. The first-order valence-electron chi connectivity index (χ1n) is 12.6. The Hall–Kier alpha value is -1.71. The molecule has 32 heavy (non-hydrogen) atoms. The Balaban J connectivity index is 2.10. The van der Waals surface area contributed by atoms with E-state index in [9.17, 15) is 4.79 Å². The number of carbonyl (C=O) groups is 1. The van der Waals surface area contributed by atoms with Gasteiger partial charge in [0, 0.05) is 6.42 Å². The van der Waals surface area contributed by atoms with Gasteiger partial charge in [0.25, 0.3) is 0 Å². The largest absolute Gasteiger partial charge is 0.406 e. The minimum Gasteiger partial charge on any atom is -0.406 e. The normalized spacial score (nSPS) is 13.2. The highest BCUT2D eigenvalue weighted by atomic mass is 28.4. The van der Waals surface area contributed by atoms with Crippen molar-refractivity contribution in [3.8, 4) is 0 Å². The van der Waals surface area contributed by atoms with E-state index in [1.54, 1.807) is 0 Å². The highest BCUT2D eigenvalue weighted by Gasteiger charge is 2.47. The summed E-state index contributed by atoms with van der Waals surface area (Å²) in [4.78, 5) is 13.4. The van der Waals surface area contributed by atoms with Gasteiger partial charge in [-0.3, -0.25) is 4.79 Å². The van der Waals surface area contributed by atoms with E-state index in [-0.39, 0.29) is 6.10 Å². The Bertz CT molecular complexity index is 762. The number of aryl methyl sites for hydroxylation is 2. The maximum absolute atomic E-state index is 13.4. The number of rotatable bonds is 14. The second-order valence-corrected chi connectivity index (χ2v) is 15.5. The van der Waals surface area contributed by atoms with Crippen LogP contribution < -0.4 is 0 Å². The Morgan fingerprint density at radius 1 is 0.719 bits per heavy atom.